The van der Waals surface area contributed by atoms with E-state index in [0.717, 1.165) is 34.1 Å². The van der Waals surface area contributed by atoms with E-state index >= 15 is 0 Å². The summed E-state index contributed by atoms with van der Waals surface area (Å²) in [7, 11) is 0. The van der Waals surface area contributed by atoms with E-state index in [1.807, 2.05) is 0 Å². The summed E-state index contributed by atoms with van der Waals surface area (Å²) in [6.07, 6.45) is 0. The maximum absolute atomic E-state index is 2.48. The van der Waals surface area contributed by atoms with Crippen molar-refractivity contribution in [3.8, 4) is 22.3 Å². The molecule has 2 aliphatic rings. The van der Waals surface area contributed by atoms with Crippen molar-refractivity contribution in [1.29, 1.82) is 0 Å². The van der Waals surface area contributed by atoms with Crippen LogP contribution in [0.15, 0.2) is 182 Å². The summed E-state index contributed by atoms with van der Waals surface area (Å²) in [4.78, 5) is 4.90. The lowest BCUT2D eigenvalue weighted by atomic mass is 9.70. The highest BCUT2D eigenvalue weighted by molar-refractivity contribution is 5.98. The molecule has 1 spiro atoms. The Labute approximate surface area is 401 Å². The molecule has 336 valence electrons. The summed E-state index contributed by atoms with van der Waals surface area (Å²) in [5.74, 6) is 0. The van der Waals surface area contributed by atoms with Gasteiger partial charge in [0.2, 0.25) is 0 Å². The molecule has 0 fully saturated rings. The molecule has 8 aromatic rings. The first kappa shape index (κ1) is 44.2. The van der Waals surface area contributed by atoms with Gasteiger partial charge < -0.3 is 9.80 Å². The van der Waals surface area contributed by atoms with E-state index in [-0.39, 0.29) is 21.7 Å². The van der Waals surface area contributed by atoms with Gasteiger partial charge in [-0.15, -0.1) is 0 Å². The van der Waals surface area contributed by atoms with Crippen molar-refractivity contribution in [3.05, 3.63) is 226 Å². The van der Waals surface area contributed by atoms with Crippen LogP contribution < -0.4 is 9.80 Å². The van der Waals surface area contributed by atoms with Crippen LogP contribution in [0.3, 0.4) is 0 Å². The summed E-state index contributed by atoms with van der Waals surface area (Å²) in [6.45, 7) is 27.4. The molecule has 0 radical (unpaired) electrons. The van der Waals surface area contributed by atoms with Gasteiger partial charge in [0.25, 0.3) is 0 Å². The molecule has 10 rings (SSSR count). The van der Waals surface area contributed by atoms with E-state index in [9.17, 15) is 0 Å². The Morgan fingerprint density at radius 3 is 0.761 bits per heavy atom. The molecule has 67 heavy (non-hydrogen) atoms. The fourth-order valence-corrected chi connectivity index (χ4v) is 10.7. The highest BCUT2D eigenvalue weighted by Crippen LogP contribution is 2.64. The molecule has 0 heterocycles. The van der Waals surface area contributed by atoms with Crippen LogP contribution in [0.5, 0.6) is 0 Å². The lowest BCUT2D eigenvalue weighted by Crippen LogP contribution is -2.26. The van der Waals surface area contributed by atoms with Crippen LogP contribution in [0.2, 0.25) is 0 Å². The van der Waals surface area contributed by atoms with Gasteiger partial charge in [-0.05, 0) is 161 Å². The first-order chi connectivity index (χ1) is 31.7. The second-order valence-corrected chi connectivity index (χ2v) is 23.2. The van der Waals surface area contributed by atoms with Crippen LogP contribution in [0.25, 0.3) is 22.3 Å². The fourth-order valence-electron chi connectivity index (χ4n) is 10.7. The van der Waals surface area contributed by atoms with E-state index in [4.69, 9.17) is 0 Å². The van der Waals surface area contributed by atoms with Gasteiger partial charge in [0.15, 0.2) is 0 Å². The van der Waals surface area contributed by atoms with Crippen LogP contribution in [0, 0.1) is 0 Å². The van der Waals surface area contributed by atoms with E-state index in [1.165, 1.54) is 66.8 Å². The summed E-state index contributed by atoms with van der Waals surface area (Å²) < 4.78 is 0. The Morgan fingerprint density at radius 2 is 0.493 bits per heavy atom. The van der Waals surface area contributed by atoms with Crippen LogP contribution in [-0.4, -0.2) is 0 Å². The van der Waals surface area contributed by atoms with Gasteiger partial charge in [0, 0.05) is 34.1 Å². The molecule has 0 aromatic heterocycles. The molecule has 2 nitrogen and oxygen atoms in total. The quantitative estimate of drug-likeness (QED) is 0.164. The van der Waals surface area contributed by atoms with Crippen LogP contribution in [0.1, 0.15) is 128 Å². The van der Waals surface area contributed by atoms with Gasteiger partial charge in [-0.25, -0.2) is 0 Å². The van der Waals surface area contributed by atoms with Gasteiger partial charge in [-0.1, -0.05) is 192 Å². The van der Waals surface area contributed by atoms with Crippen molar-refractivity contribution in [2.75, 3.05) is 9.80 Å². The van der Waals surface area contributed by atoms with Crippen LogP contribution in [0.4, 0.5) is 34.1 Å². The highest BCUT2D eigenvalue weighted by atomic mass is 15.1. The minimum absolute atomic E-state index is 0.0476. The first-order valence-electron chi connectivity index (χ1n) is 24.3. The molecule has 0 saturated carbocycles. The summed E-state index contributed by atoms with van der Waals surface area (Å²) in [5, 5.41) is 0. The number of rotatable bonds is 6. The van der Waals surface area contributed by atoms with Crippen molar-refractivity contribution in [2.45, 2.75) is 110 Å². The normalized spacial score (nSPS) is 13.8. The number of benzene rings is 8. The minimum atomic E-state index is -0.476. The first-order valence-corrected chi connectivity index (χ1v) is 24.3. The average Bonchev–Trinajstić information content (AvgIpc) is 3.75. The molecule has 0 bridgehead atoms. The van der Waals surface area contributed by atoms with Crippen LogP contribution in [-0.2, 0) is 27.1 Å². The molecular formula is C65H66N2. The molecular weight excluding hydrogens is 809 g/mol. The van der Waals surface area contributed by atoms with Gasteiger partial charge in [0.05, 0.1) is 5.41 Å². The lowest BCUT2D eigenvalue weighted by Gasteiger charge is -2.32. The molecule has 8 aromatic carbocycles. The van der Waals surface area contributed by atoms with Crippen molar-refractivity contribution in [1.82, 2.24) is 0 Å². The van der Waals surface area contributed by atoms with Crippen molar-refractivity contribution in [2.24, 2.45) is 0 Å². The van der Waals surface area contributed by atoms with E-state index in [2.05, 4.69) is 275 Å². The fraction of sp³-hybridized carbons (Fsp3) is 0.262. The molecule has 0 saturated heterocycles. The van der Waals surface area contributed by atoms with Gasteiger partial charge >= 0.3 is 0 Å². The Bertz CT molecular complexity index is 2790. The van der Waals surface area contributed by atoms with Crippen LogP contribution >= 0.6 is 0 Å². The molecule has 0 N–H and O–H groups in total. The Hall–Kier alpha value is -6.64. The number of anilines is 6. The molecule has 0 amide bonds. The smallest absolute Gasteiger partial charge is 0.0725 e. The van der Waals surface area contributed by atoms with Crippen molar-refractivity contribution < 1.29 is 0 Å². The van der Waals surface area contributed by atoms with Gasteiger partial charge in [-0.2, -0.15) is 0 Å². The third-order valence-electron chi connectivity index (χ3n) is 14.5. The summed E-state index contributed by atoms with van der Waals surface area (Å²) >= 11 is 0. The number of fused-ring (bicyclic) bond motifs is 10. The number of hydrogen-bond donors (Lipinski definition) is 0. The largest absolute Gasteiger partial charge is 0.310 e. The average molecular weight is 875 g/mol. The maximum Gasteiger partial charge on any atom is 0.0725 e. The third kappa shape index (κ3) is 7.50. The topological polar surface area (TPSA) is 6.48 Å². The Balaban J connectivity index is 1.22. The van der Waals surface area contributed by atoms with Gasteiger partial charge in [0.1, 0.15) is 0 Å². The van der Waals surface area contributed by atoms with E-state index in [1.54, 1.807) is 0 Å². The van der Waals surface area contributed by atoms with Gasteiger partial charge in [-0.3, -0.25) is 0 Å². The zero-order valence-corrected chi connectivity index (χ0v) is 41.7. The lowest BCUT2D eigenvalue weighted by molar-refractivity contribution is 0.590. The summed E-state index contributed by atoms with van der Waals surface area (Å²) in [5.41, 5.74) is 22.3. The number of hydrogen-bond acceptors (Lipinski definition) is 2. The summed E-state index contributed by atoms with van der Waals surface area (Å²) in [6, 6.07) is 69.6. The van der Waals surface area contributed by atoms with Crippen molar-refractivity contribution in [3.63, 3.8) is 0 Å². The monoisotopic (exact) mass is 875 g/mol. The highest BCUT2D eigenvalue weighted by Gasteiger charge is 2.52. The molecule has 2 aliphatic carbocycles. The second-order valence-electron chi connectivity index (χ2n) is 23.2. The minimum Gasteiger partial charge on any atom is -0.310 e. The van der Waals surface area contributed by atoms with E-state index in [0.29, 0.717) is 0 Å². The SMILES string of the molecule is CC(C)(C)c1ccc(N(c2ccc(C(C)(C)C)cc2)c2ccc3c(c2)-c2cc(N(c4ccc(C(C)(C)C)cc4)c4ccc(C(C)(C)C)cc4)ccc2C32c3ccccc3-c3ccccc32)cc1. The molecule has 2 heteroatoms. The van der Waals surface area contributed by atoms with Crippen molar-refractivity contribution >= 4 is 34.1 Å². The van der Waals surface area contributed by atoms with E-state index < -0.39 is 5.41 Å². The Morgan fingerprint density at radius 1 is 0.254 bits per heavy atom. The predicted octanol–water partition coefficient (Wildman–Crippen LogP) is 18.2. The molecule has 0 atom stereocenters. The maximum atomic E-state index is 2.48. The third-order valence-corrected chi connectivity index (χ3v) is 14.5. The molecule has 0 unspecified atom stereocenters. The zero-order valence-electron chi connectivity index (χ0n) is 41.7. The number of nitrogens with zero attached hydrogens (tertiary/aromatic N) is 2. The zero-order chi connectivity index (χ0) is 47.3. The standard InChI is InChI=1S/C65H66N2/c1-61(2,3)43-21-29-47(30-22-43)66(48-31-23-44(24-32-48)62(4,5)6)51-37-39-59-55(41-51)56-42-52(38-40-60(56)65(59)57-19-15-13-17-53(57)54-18-14-16-20-58(54)65)67(49-33-25-45(26-34-49)63(7,8)9)50-35-27-46(28-36-50)64(10,11)12/h13-42H,1-12H3. The second kappa shape index (κ2) is 15.7. The predicted molar refractivity (Wildman–Crippen MR) is 287 cm³/mol. The molecule has 0 aliphatic heterocycles. The Kier molecular flexibility index (Phi) is 10.4.